The SMILES string of the molecule is Cn1cc(C(C(=O)Cc2ccc3ccccc3c2)P(C)(=O)O)c2cc(Cl)ccc21.Cn1cc(CP(C)(C)=O)c2cc(Cl)ccc21.Cn1ccc2cc(Cl)ccc21. The van der Waals surface area contributed by atoms with Gasteiger partial charge in [0.1, 0.15) is 5.66 Å². The summed E-state index contributed by atoms with van der Waals surface area (Å²) >= 11 is 18.0. The number of rotatable bonds is 7. The average Bonchev–Trinajstić information content (AvgIpc) is 3.74. The van der Waals surface area contributed by atoms with Crippen molar-refractivity contribution in [2.24, 2.45) is 21.1 Å². The Hall–Kier alpha value is -4.06. The van der Waals surface area contributed by atoms with Gasteiger partial charge in [-0.05, 0) is 101 Å². The Bertz CT molecular complexity index is 2830. The quantitative estimate of drug-likeness (QED) is 0.162. The van der Waals surface area contributed by atoms with E-state index in [0.29, 0.717) is 16.7 Å². The maximum atomic E-state index is 13.3. The smallest absolute Gasteiger partial charge is 0.212 e. The Balaban J connectivity index is 0.000000164. The van der Waals surface area contributed by atoms with Crippen LogP contribution in [0.4, 0.5) is 0 Å². The van der Waals surface area contributed by atoms with Gasteiger partial charge >= 0.3 is 0 Å². The summed E-state index contributed by atoms with van der Waals surface area (Å²) < 4.78 is 30.7. The Labute approximate surface area is 342 Å². The molecule has 0 aliphatic carbocycles. The van der Waals surface area contributed by atoms with E-state index in [0.717, 1.165) is 53.8 Å². The first kappa shape index (κ1) is 41.6. The molecule has 3 heterocycles. The number of ketones is 1. The van der Waals surface area contributed by atoms with Crippen molar-refractivity contribution in [2.75, 3.05) is 20.0 Å². The van der Waals surface area contributed by atoms with Crippen LogP contribution in [-0.2, 0) is 47.7 Å². The second-order valence-electron chi connectivity index (χ2n) is 14.8. The summed E-state index contributed by atoms with van der Waals surface area (Å²) in [7, 11) is 0.0686. The minimum atomic E-state index is -3.75. The maximum absolute atomic E-state index is 13.3. The Morgan fingerprint density at radius 1 is 0.643 bits per heavy atom. The van der Waals surface area contributed by atoms with Crippen LogP contribution in [0.5, 0.6) is 0 Å². The first-order valence-electron chi connectivity index (χ1n) is 17.9. The van der Waals surface area contributed by atoms with E-state index in [1.54, 1.807) is 18.3 Å². The molecule has 0 radical (unpaired) electrons. The number of nitrogens with zero attached hydrogens (tertiary/aromatic N) is 3. The van der Waals surface area contributed by atoms with Crippen molar-refractivity contribution in [1.82, 2.24) is 13.7 Å². The van der Waals surface area contributed by atoms with Crippen molar-refractivity contribution in [3.05, 3.63) is 153 Å². The Morgan fingerprint density at radius 3 is 1.86 bits per heavy atom. The molecule has 2 atom stereocenters. The van der Waals surface area contributed by atoms with Gasteiger partial charge in [-0.15, -0.1) is 0 Å². The number of benzene rings is 5. The van der Waals surface area contributed by atoms with Gasteiger partial charge in [0.05, 0.1) is 7.14 Å². The minimum Gasteiger partial charge on any atom is -0.351 e. The number of hydrogen-bond donors (Lipinski definition) is 1. The van der Waals surface area contributed by atoms with Crippen molar-refractivity contribution < 1.29 is 18.8 Å². The molecule has 8 rings (SSSR count). The van der Waals surface area contributed by atoms with E-state index in [-0.39, 0.29) is 12.2 Å². The number of Topliss-reactive ketones (excluding diaryl/α,β-unsaturated/α-hetero) is 1. The standard InChI is InChI=1S/C23H21ClNO3P.C12H15ClNOP.C9H8ClN/c1-25-14-20(19-13-18(24)9-10-21(19)25)23(29(2,27)28)22(26)12-15-7-8-16-5-3-4-6-17(16)11-15;1-14-7-9(8-16(2,3)15)11-6-10(13)4-5-12(11)14;1-11-5-4-7-6-8(10)2-3-9(7)11/h3-11,13-14,23H,12H2,1-2H3,(H,27,28);4-7H,8H2,1-3H3;2-6H,1H3. The van der Waals surface area contributed by atoms with Gasteiger partial charge in [0, 0.05) is 107 Å². The van der Waals surface area contributed by atoms with Crippen molar-refractivity contribution in [1.29, 1.82) is 0 Å². The molecule has 1 N–H and O–H groups in total. The van der Waals surface area contributed by atoms with Crippen LogP contribution in [0.25, 0.3) is 43.5 Å². The zero-order chi connectivity index (χ0) is 40.5. The lowest BCUT2D eigenvalue weighted by Crippen LogP contribution is -2.15. The van der Waals surface area contributed by atoms with Gasteiger partial charge in [-0.1, -0.05) is 77.3 Å². The van der Waals surface area contributed by atoms with Gasteiger partial charge in [0.25, 0.3) is 0 Å². The molecule has 0 fully saturated rings. The molecule has 0 aliphatic rings. The molecule has 12 heteroatoms. The highest BCUT2D eigenvalue weighted by Crippen LogP contribution is 2.55. The number of hydrogen-bond acceptors (Lipinski definition) is 3. The second-order valence-corrected chi connectivity index (χ2v) is 22.0. The van der Waals surface area contributed by atoms with Gasteiger partial charge in [-0.25, -0.2) is 0 Å². The molecule has 8 aromatic rings. The predicted octanol–water partition coefficient (Wildman–Crippen LogP) is 12.5. The van der Waals surface area contributed by atoms with E-state index in [1.807, 2.05) is 136 Å². The third-order valence-corrected chi connectivity index (χ3v) is 13.0. The lowest BCUT2D eigenvalue weighted by Gasteiger charge is -2.19. The van der Waals surface area contributed by atoms with Crippen molar-refractivity contribution >= 4 is 98.6 Å². The van der Waals surface area contributed by atoms with E-state index in [9.17, 15) is 18.8 Å². The molecular formula is C44H44Cl3N3O4P2. The number of fused-ring (bicyclic) bond motifs is 4. The third kappa shape index (κ3) is 9.72. The lowest BCUT2D eigenvalue weighted by molar-refractivity contribution is -0.118. The van der Waals surface area contributed by atoms with Gasteiger partial charge < -0.3 is 23.2 Å². The predicted molar refractivity (Wildman–Crippen MR) is 238 cm³/mol. The van der Waals surface area contributed by atoms with Crippen molar-refractivity contribution in [2.45, 2.75) is 18.2 Å². The lowest BCUT2D eigenvalue weighted by atomic mass is 9.99. The summed E-state index contributed by atoms with van der Waals surface area (Å²) in [6.07, 6.45) is 6.55. The van der Waals surface area contributed by atoms with Crippen LogP contribution in [0.1, 0.15) is 22.3 Å². The minimum absolute atomic E-state index is 0.0881. The molecule has 56 heavy (non-hydrogen) atoms. The highest BCUT2D eigenvalue weighted by atomic mass is 35.5. The second kappa shape index (κ2) is 16.8. The van der Waals surface area contributed by atoms with Crippen LogP contribution in [0, 0.1) is 0 Å². The normalized spacial score (nSPS) is 13.2. The first-order valence-corrected chi connectivity index (χ1v) is 24.0. The number of carbonyl (C=O) groups is 1. The molecule has 7 nitrogen and oxygen atoms in total. The summed E-state index contributed by atoms with van der Waals surface area (Å²) in [5.74, 6) is -0.277. The molecule has 5 aromatic carbocycles. The number of aromatic nitrogens is 3. The summed E-state index contributed by atoms with van der Waals surface area (Å²) in [4.78, 5) is 23.7. The third-order valence-electron chi connectivity index (χ3n) is 9.69. The van der Waals surface area contributed by atoms with Gasteiger partial charge in [0.2, 0.25) is 7.37 Å². The molecule has 0 saturated carbocycles. The fourth-order valence-electron chi connectivity index (χ4n) is 7.19. The number of halogens is 3. The Morgan fingerprint density at radius 2 is 1.21 bits per heavy atom. The molecule has 3 aromatic heterocycles. The van der Waals surface area contributed by atoms with Crippen LogP contribution >= 0.6 is 49.3 Å². The highest BCUT2D eigenvalue weighted by molar-refractivity contribution is 7.61. The molecule has 0 saturated heterocycles. The number of carbonyl (C=O) groups excluding carboxylic acids is 1. The van der Waals surface area contributed by atoms with E-state index in [2.05, 4.69) is 15.2 Å². The first-order chi connectivity index (χ1) is 26.4. The molecule has 290 valence electrons. The van der Waals surface area contributed by atoms with Gasteiger partial charge in [0.15, 0.2) is 5.78 Å². The van der Waals surface area contributed by atoms with E-state index in [1.165, 1.54) is 17.6 Å². The largest absolute Gasteiger partial charge is 0.351 e. The summed E-state index contributed by atoms with van der Waals surface area (Å²) in [6.45, 7) is 4.88. The summed E-state index contributed by atoms with van der Waals surface area (Å²) in [5, 5.41) is 7.20. The fourth-order valence-corrected chi connectivity index (χ4v) is 10.1. The molecule has 0 amide bonds. The topological polar surface area (TPSA) is 86.2 Å². The molecular weight excluding hydrogens is 803 g/mol. The van der Waals surface area contributed by atoms with E-state index >= 15 is 0 Å². The van der Waals surface area contributed by atoms with Gasteiger partial charge in [-0.3, -0.25) is 9.36 Å². The summed E-state index contributed by atoms with van der Waals surface area (Å²) in [6, 6.07) is 32.9. The van der Waals surface area contributed by atoms with Crippen LogP contribution < -0.4 is 0 Å². The van der Waals surface area contributed by atoms with Crippen LogP contribution in [-0.4, -0.2) is 44.4 Å². The molecule has 2 unspecified atom stereocenters. The zero-order valence-electron chi connectivity index (χ0n) is 32.1. The fraction of sp³-hybridized carbons (Fsp3) is 0.205. The Kier molecular flexibility index (Phi) is 12.5. The monoisotopic (exact) mass is 845 g/mol. The van der Waals surface area contributed by atoms with Crippen LogP contribution in [0.2, 0.25) is 15.1 Å². The molecule has 0 spiro atoms. The maximum Gasteiger partial charge on any atom is 0.212 e. The molecule has 0 aliphatic heterocycles. The highest BCUT2D eigenvalue weighted by Gasteiger charge is 2.36. The molecule has 0 bridgehead atoms. The summed E-state index contributed by atoms with van der Waals surface area (Å²) in [5.41, 5.74) is 4.60. The van der Waals surface area contributed by atoms with E-state index in [4.69, 9.17) is 34.8 Å². The zero-order valence-corrected chi connectivity index (χ0v) is 36.1. The van der Waals surface area contributed by atoms with E-state index < -0.39 is 20.2 Å². The van der Waals surface area contributed by atoms with Crippen LogP contribution in [0.15, 0.2) is 122 Å². The number of aryl methyl sites for hydroxylation is 3. The van der Waals surface area contributed by atoms with Crippen molar-refractivity contribution in [3.8, 4) is 0 Å². The van der Waals surface area contributed by atoms with Gasteiger partial charge in [-0.2, -0.15) is 0 Å². The average molecular weight is 847 g/mol. The van der Waals surface area contributed by atoms with Crippen molar-refractivity contribution in [3.63, 3.8) is 0 Å². The van der Waals surface area contributed by atoms with Crippen LogP contribution in [0.3, 0.4) is 0 Å².